The maximum absolute atomic E-state index is 13.5. The van der Waals surface area contributed by atoms with Gasteiger partial charge in [-0.3, -0.25) is 4.79 Å². The van der Waals surface area contributed by atoms with Crippen molar-refractivity contribution in [2.75, 3.05) is 5.32 Å². The molecule has 1 heterocycles. The number of rotatable bonds is 5. The number of aromatic amines is 1. The second-order valence-electron chi connectivity index (χ2n) is 8.48. The Morgan fingerprint density at radius 1 is 1.03 bits per heavy atom. The van der Waals surface area contributed by atoms with Gasteiger partial charge in [0.2, 0.25) is 0 Å². The molecule has 1 amide bonds. The Balaban J connectivity index is 1.44. The first-order chi connectivity index (χ1) is 16.8. The number of carbonyl (C=O) groups is 1. The van der Waals surface area contributed by atoms with Crippen LogP contribution in [0.1, 0.15) is 41.6 Å². The third-order valence-electron chi connectivity index (χ3n) is 6.00. The molecule has 180 valence electrons. The number of nitrogens with one attached hydrogen (secondary N) is 2. The van der Waals surface area contributed by atoms with Crippen LogP contribution in [-0.4, -0.2) is 22.0 Å². The number of ether oxygens (including phenoxy) is 1. The predicted octanol–water partition coefficient (Wildman–Crippen LogP) is 6.96. The van der Waals surface area contributed by atoms with Crippen LogP contribution >= 0.6 is 0 Å². The van der Waals surface area contributed by atoms with Gasteiger partial charge in [0.15, 0.2) is 0 Å². The van der Waals surface area contributed by atoms with Crippen molar-refractivity contribution in [2.45, 2.75) is 38.0 Å². The number of amides is 1. The summed E-state index contributed by atoms with van der Waals surface area (Å²) in [7, 11) is 0. The molecule has 9 heteroatoms. The number of alkyl halides is 3. The highest BCUT2D eigenvalue weighted by molar-refractivity contribution is 6.11. The molecule has 0 aliphatic heterocycles. The average Bonchev–Trinajstić information content (AvgIpc) is 3.48. The van der Waals surface area contributed by atoms with E-state index in [2.05, 4.69) is 15.3 Å². The van der Waals surface area contributed by atoms with Gasteiger partial charge >= 0.3 is 6.18 Å². The molecule has 4 aromatic rings. The zero-order chi connectivity index (χ0) is 24.6. The van der Waals surface area contributed by atoms with E-state index in [0.717, 1.165) is 37.8 Å². The molecule has 1 aliphatic rings. The lowest BCUT2D eigenvalue weighted by Gasteiger charge is -2.14. The molecule has 1 fully saturated rings. The van der Waals surface area contributed by atoms with Crippen molar-refractivity contribution in [2.24, 2.45) is 0 Å². The summed E-state index contributed by atoms with van der Waals surface area (Å²) < 4.78 is 60.0. The van der Waals surface area contributed by atoms with E-state index in [1.54, 1.807) is 30.3 Å². The fourth-order valence-corrected chi connectivity index (χ4v) is 4.34. The lowest BCUT2D eigenvalue weighted by Crippen LogP contribution is -2.13. The molecule has 35 heavy (non-hydrogen) atoms. The number of halogens is 4. The number of nitrogens with zero attached hydrogens (tertiary/aromatic N) is 1. The molecule has 1 aromatic heterocycles. The van der Waals surface area contributed by atoms with Crippen LogP contribution in [0.2, 0.25) is 0 Å². The van der Waals surface area contributed by atoms with Gasteiger partial charge in [-0.25, -0.2) is 9.37 Å². The van der Waals surface area contributed by atoms with E-state index in [4.69, 9.17) is 4.74 Å². The minimum absolute atomic E-state index is 0.112. The molecular formula is C26H21F4N3O2. The fraction of sp³-hybridized carbons (Fsp3) is 0.231. The van der Waals surface area contributed by atoms with E-state index in [0.29, 0.717) is 23.0 Å². The number of hydrogen-bond donors (Lipinski definition) is 2. The molecule has 0 radical (unpaired) electrons. The van der Waals surface area contributed by atoms with Crippen LogP contribution in [0.25, 0.3) is 22.4 Å². The predicted molar refractivity (Wildman–Crippen MR) is 124 cm³/mol. The van der Waals surface area contributed by atoms with Gasteiger partial charge in [0.25, 0.3) is 5.91 Å². The van der Waals surface area contributed by atoms with Crippen LogP contribution in [0.3, 0.4) is 0 Å². The third-order valence-corrected chi connectivity index (χ3v) is 6.00. The maximum atomic E-state index is 13.5. The Kier molecular flexibility index (Phi) is 5.92. The van der Waals surface area contributed by atoms with E-state index in [1.165, 1.54) is 6.07 Å². The molecule has 0 saturated heterocycles. The van der Waals surface area contributed by atoms with Crippen molar-refractivity contribution < 1.29 is 27.1 Å². The summed E-state index contributed by atoms with van der Waals surface area (Å²) in [6, 6.07) is 14.2. The number of para-hydroxylation sites is 1. The molecule has 2 N–H and O–H groups in total. The molecule has 5 nitrogen and oxygen atoms in total. The Labute approximate surface area is 198 Å². The standard InChI is InChI=1S/C26H21F4N3O2/c27-15-11-12-19(21(13-15)26(28,29)30)24-32-22-10-4-9-20(23(22)33-24)25(34)31-16-5-3-8-18(14-16)35-17-6-1-2-7-17/h3-5,8-14,17H,1-2,6-7H2,(H,31,34)(H,32,33). The van der Waals surface area contributed by atoms with Gasteiger partial charge in [0.1, 0.15) is 22.9 Å². The Morgan fingerprint density at radius 2 is 1.80 bits per heavy atom. The first-order valence-electron chi connectivity index (χ1n) is 11.2. The summed E-state index contributed by atoms with van der Waals surface area (Å²) in [4.78, 5) is 20.2. The zero-order valence-electron chi connectivity index (χ0n) is 18.5. The van der Waals surface area contributed by atoms with Crippen LogP contribution < -0.4 is 10.1 Å². The zero-order valence-corrected chi connectivity index (χ0v) is 18.5. The molecule has 1 saturated carbocycles. The summed E-state index contributed by atoms with van der Waals surface area (Å²) in [5, 5.41) is 2.81. The summed E-state index contributed by atoms with van der Waals surface area (Å²) in [5.41, 5.74) is -0.169. The lowest BCUT2D eigenvalue weighted by atomic mass is 10.1. The molecule has 0 bridgehead atoms. The fourth-order valence-electron chi connectivity index (χ4n) is 4.34. The number of H-pyrrole nitrogens is 1. The van der Waals surface area contributed by atoms with Gasteiger partial charge in [-0.05, 0) is 68.1 Å². The van der Waals surface area contributed by atoms with Gasteiger partial charge in [-0.1, -0.05) is 12.1 Å². The first kappa shape index (κ1) is 22.9. The van der Waals surface area contributed by atoms with Gasteiger partial charge in [-0.15, -0.1) is 0 Å². The molecule has 0 atom stereocenters. The van der Waals surface area contributed by atoms with Gasteiger partial charge in [-0.2, -0.15) is 13.2 Å². The van der Waals surface area contributed by atoms with Gasteiger partial charge < -0.3 is 15.0 Å². The van der Waals surface area contributed by atoms with E-state index >= 15 is 0 Å². The molecule has 5 rings (SSSR count). The van der Waals surface area contributed by atoms with Crippen molar-refractivity contribution in [3.8, 4) is 17.1 Å². The smallest absolute Gasteiger partial charge is 0.417 e. The van der Waals surface area contributed by atoms with Crippen LogP contribution in [0.4, 0.5) is 23.2 Å². The van der Waals surface area contributed by atoms with Crippen molar-refractivity contribution >= 4 is 22.6 Å². The number of carbonyl (C=O) groups excluding carboxylic acids is 1. The molecule has 0 spiro atoms. The number of benzene rings is 3. The molecule has 3 aromatic carbocycles. The lowest BCUT2D eigenvalue weighted by molar-refractivity contribution is -0.137. The number of fused-ring (bicyclic) bond motifs is 1. The SMILES string of the molecule is O=C(Nc1cccc(OC2CCCC2)c1)c1cccc2[nH]c(-c3ccc(F)cc3C(F)(F)F)nc12. The quantitative estimate of drug-likeness (QED) is 0.302. The highest BCUT2D eigenvalue weighted by Crippen LogP contribution is 2.37. The monoisotopic (exact) mass is 483 g/mol. The topological polar surface area (TPSA) is 67.0 Å². The minimum atomic E-state index is -4.78. The van der Waals surface area contributed by atoms with Crippen molar-refractivity contribution in [1.29, 1.82) is 0 Å². The minimum Gasteiger partial charge on any atom is -0.490 e. The average molecular weight is 483 g/mol. The van der Waals surface area contributed by atoms with Crippen LogP contribution in [0, 0.1) is 5.82 Å². The largest absolute Gasteiger partial charge is 0.490 e. The third kappa shape index (κ3) is 4.84. The Morgan fingerprint density at radius 3 is 2.57 bits per heavy atom. The second-order valence-corrected chi connectivity index (χ2v) is 8.48. The summed E-state index contributed by atoms with van der Waals surface area (Å²) in [6.45, 7) is 0. The molecule has 1 aliphatic carbocycles. The Hall–Kier alpha value is -3.88. The highest BCUT2D eigenvalue weighted by Gasteiger charge is 2.35. The summed E-state index contributed by atoms with van der Waals surface area (Å²) in [6.07, 6.45) is -0.320. The van der Waals surface area contributed by atoms with E-state index in [1.807, 2.05) is 6.07 Å². The second kappa shape index (κ2) is 9.05. The number of imidazole rings is 1. The molecule has 0 unspecified atom stereocenters. The summed E-state index contributed by atoms with van der Waals surface area (Å²) in [5.74, 6) is -0.927. The van der Waals surface area contributed by atoms with Crippen LogP contribution in [-0.2, 0) is 6.18 Å². The Bertz CT molecular complexity index is 1390. The van der Waals surface area contributed by atoms with E-state index in [9.17, 15) is 22.4 Å². The first-order valence-corrected chi connectivity index (χ1v) is 11.2. The van der Waals surface area contributed by atoms with Crippen molar-refractivity contribution in [3.63, 3.8) is 0 Å². The molecular weight excluding hydrogens is 462 g/mol. The number of anilines is 1. The van der Waals surface area contributed by atoms with Crippen molar-refractivity contribution in [3.05, 3.63) is 77.6 Å². The van der Waals surface area contributed by atoms with E-state index < -0.39 is 23.5 Å². The van der Waals surface area contributed by atoms with Gasteiger partial charge in [0.05, 0.1) is 22.7 Å². The van der Waals surface area contributed by atoms with Crippen molar-refractivity contribution in [1.82, 2.24) is 9.97 Å². The van der Waals surface area contributed by atoms with Crippen LogP contribution in [0.15, 0.2) is 60.7 Å². The number of aromatic nitrogens is 2. The number of hydrogen-bond acceptors (Lipinski definition) is 3. The summed E-state index contributed by atoms with van der Waals surface area (Å²) >= 11 is 0. The van der Waals surface area contributed by atoms with Gasteiger partial charge in [0, 0.05) is 17.3 Å². The highest BCUT2D eigenvalue weighted by atomic mass is 19.4. The normalized spacial score (nSPS) is 14.4. The van der Waals surface area contributed by atoms with Crippen LogP contribution in [0.5, 0.6) is 5.75 Å². The maximum Gasteiger partial charge on any atom is 0.417 e. The van der Waals surface area contributed by atoms with E-state index in [-0.39, 0.29) is 28.6 Å².